The van der Waals surface area contributed by atoms with E-state index >= 15 is 0 Å². The Morgan fingerprint density at radius 1 is 1.11 bits per heavy atom. The van der Waals surface area contributed by atoms with Crippen LogP contribution in [-0.2, 0) is 16.1 Å². The number of carboxylic acids is 1. The first kappa shape index (κ1) is 19.2. The molecule has 0 saturated carbocycles. The van der Waals surface area contributed by atoms with Gasteiger partial charge in [-0.1, -0.05) is 19.1 Å². The number of carboxylic acid groups (broad SMARTS) is 1. The number of nitrogens with one attached hydrogen (secondary N) is 1. The Labute approximate surface area is 158 Å². The number of morpholine rings is 1. The van der Waals surface area contributed by atoms with Gasteiger partial charge in [-0.2, -0.15) is 0 Å². The quantitative estimate of drug-likeness (QED) is 0.819. The van der Waals surface area contributed by atoms with Gasteiger partial charge in [-0.05, 0) is 23.6 Å². The molecule has 146 valence electrons. The Morgan fingerprint density at radius 3 is 2.41 bits per heavy atom. The van der Waals surface area contributed by atoms with E-state index in [9.17, 15) is 14.4 Å². The molecule has 1 aromatic rings. The molecule has 2 fully saturated rings. The molecule has 2 heterocycles. The van der Waals surface area contributed by atoms with Crippen LogP contribution >= 0.6 is 0 Å². The van der Waals surface area contributed by atoms with E-state index in [1.807, 2.05) is 11.8 Å². The Hall–Kier alpha value is -2.61. The zero-order valence-electron chi connectivity index (χ0n) is 15.4. The van der Waals surface area contributed by atoms with Crippen molar-refractivity contribution in [3.63, 3.8) is 0 Å². The van der Waals surface area contributed by atoms with Gasteiger partial charge in [-0.15, -0.1) is 0 Å². The number of likely N-dealkylation sites (tertiary alicyclic amines) is 1. The number of amides is 3. The second kappa shape index (κ2) is 8.39. The first-order valence-electron chi connectivity index (χ1n) is 9.17. The van der Waals surface area contributed by atoms with Gasteiger partial charge in [0.2, 0.25) is 5.91 Å². The normalized spacial score (nSPS) is 22.6. The number of carbonyl (C=O) groups is 3. The highest BCUT2D eigenvalue weighted by Gasteiger charge is 2.39. The van der Waals surface area contributed by atoms with E-state index in [2.05, 4.69) is 5.32 Å². The van der Waals surface area contributed by atoms with Gasteiger partial charge in [0.15, 0.2) is 0 Å². The predicted octanol–water partition coefficient (Wildman–Crippen LogP) is 1.02. The Kier molecular flexibility index (Phi) is 5.95. The molecule has 0 unspecified atom stereocenters. The second-order valence-corrected chi connectivity index (χ2v) is 7.09. The third-order valence-electron chi connectivity index (χ3n) is 5.18. The van der Waals surface area contributed by atoms with Crippen LogP contribution in [0.4, 0.5) is 4.79 Å². The summed E-state index contributed by atoms with van der Waals surface area (Å²) in [6.45, 7) is 5.63. The number of aromatic carboxylic acids is 1. The Bertz CT molecular complexity index is 700. The van der Waals surface area contributed by atoms with Gasteiger partial charge in [0.05, 0.1) is 24.7 Å². The van der Waals surface area contributed by atoms with Crippen molar-refractivity contribution in [3.8, 4) is 0 Å². The summed E-state index contributed by atoms with van der Waals surface area (Å²) in [6, 6.07) is 6.18. The fourth-order valence-corrected chi connectivity index (χ4v) is 3.53. The van der Waals surface area contributed by atoms with Crippen LogP contribution in [0.5, 0.6) is 0 Å². The van der Waals surface area contributed by atoms with Crippen molar-refractivity contribution in [1.29, 1.82) is 0 Å². The lowest BCUT2D eigenvalue weighted by molar-refractivity contribution is -0.140. The maximum Gasteiger partial charge on any atom is 0.335 e. The first-order chi connectivity index (χ1) is 13.0. The molecule has 2 atom stereocenters. The highest BCUT2D eigenvalue weighted by Crippen LogP contribution is 2.25. The molecular weight excluding hydrogens is 350 g/mol. The van der Waals surface area contributed by atoms with E-state index in [-0.39, 0.29) is 29.3 Å². The highest BCUT2D eigenvalue weighted by molar-refractivity contribution is 5.87. The zero-order chi connectivity index (χ0) is 19.4. The number of nitrogens with zero attached hydrogens (tertiary/aromatic N) is 2. The number of hydrogen-bond acceptors (Lipinski definition) is 4. The van der Waals surface area contributed by atoms with Crippen LogP contribution in [0.15, 0.2) is 24.3 Å². The largest absolute Gasteiger partial charge is 0.478 e. The summed E-state index contributed by atoms with van der Waals surface area (Å²) in [5, 5.41) is 11.8. The summed E-state index contributed by atoms with van der Waals surface area (Å²) in [5.74, 6) is -0.942. The third-order valence-corrected chi connectivity index (χ3v) is 5.18. The zero-order valence-corrected chi connectivity index (χ0v) is 15.4. The molecule has 3 amide bonds. The van der Waals surface area contributed by atoms with Crippen LogP contribution in [0, 0.1) is 11.8 Å². The lowest BCUT2D eigenvalue weighted by Gasteiger charge is -2.30. The van der Waals surface area contributed by atoms with Gasteiger partial charge in [0.1, 0.15) is 0 Å². The summed E-state index contributed by atoms with van der Waals surface area (Å²) in [5.41, 5.74) is 1.03. The van der Waals surface area contributed by atoms with Crippen LogP contribution in [0.1, 0.15) is 22.8 Å². The molecule has 1 aromatic carbocycles. The third kappa shape index (κ3) is 4.57. The molecule has 3 rings (SSSR count). The standard InChI is InChI=1S/C19H25N3O5/c1-13-11-22(12-16(13)17(23)21-6-8-27-9-7-21)19(26)20-10-14-2-4-15(5-3-14)18(24)25/h2-5,13,16H,6-12H2,1H3,(H,20,26)(H,24,25)/t13-,16-/m1/s1. The molecule has 2 aliphatic rings. The van der Waals surface area contributed by atoms with Gasteiger partial charge < -0.3 is 25.0 Å². The fourth-order valence-electron chi connectivity index (χ4n) is 3.53. The monoisotopic (exact) mass is 375 g/mol. The minimum absolute atomic E-state index is 0.102. The van der Waals surface area contributed by atoms with E-state index in [4.69, 9.17) is 9.84 Å². The van der Waals surface area contributed by atoms with Gasteiger partial charge in [-0.3, -0.25) is 4.79 Å². The van der Waals surface area contributed by atoms with Crippen molar-refractivity contribution >= 4 is 17.9 Å². The SMILES string of the molecule is C[C@@H]1CN(C(=O)NCc2ccc(C(=O)O)cc2)C[C@H]1C(=O)N1CCOCC1. The lowest BCUT2D eigenvalue weighted by Crippen LogP contribution is -2.45. The molecule has 2 aliphatic heterocycles. The van der Waals surface area contributed by atoms with E-state index in [1.54, 1.807) is 17.0 Å². The Morgan fingerprint density at radius 2 is 1.78 bits per heavy atom. The van der Waals surface area contributed by atoms with E-state index in [1.165, 1.54) is 12.1 Å². The minimum atomic E-state index is -0.979. The first-order valence-corrected chi connectivity index (χ1v) is 9.17. The maximum atomic E-state index is 12.7. The summed E-state index contributed by atoms with van der Waals surface area (Å²) in [4.78, 5) is 39.5. The van der Waals surface area contributed by atoms with Crippen molar-refractivity contribution in [2.24, 2.45) is 11.8 Å². The van der Waals surface area contributed by atoms with E-state index in [0.29, 0.717) is 45.9 Å². The molecule has 0 aromatic heterocycles. The van der Waals surface area contributed by atoms with Crippen LogP contribution < -0.4 is 5.32 Å². The van der Waals surface area contributed by atoms with Gasteiger partial charge in [0.25, 0.3) is 0 Å². The molecule has 0 radical (unpaired) electrons. The maximum absolute atomic E-state index is 12.7. The van der Waals surface area contributed by atoms with Gasteiger partial charge in [-0.25, -0.2) is 9.59 Å². The van der Waals surface area contributed by atoms with Crippen LogP contribution in [0.3, 0.4) is 0 Å². The van der Waals surface area contributed by atoms with E-state index < -0.39 is 5.97 Å². The number of urea groups is 1. The lowest BCUT2D eigenvalue weighted by atomic mass is 9.96. The minimum Gasteiger partial charge on any atom is -0.478 e. The second-order valence-electron chi connectivity index (χ2n) is 7.09. The van der Waals surface area contributed by atoms with Crippen molar-refractivity contribution in [1.82, 2.24) is 15.1 Å². The molecule has 2 N–H and O–H groups in total. The molecule has 27 heavy (non-hydrogen) atoms. The average molecular weight is 375 g/mol. The summed E-state index contributed by atoms with van der Waals surface area (Å²) in [7, 11) is 0. The summed E-state index contributed by atoms with van der Waals surface area (Å²) < 4.78 is 5.29. The Balaban J connectivity index is 1.51. The molecule has 0 aliphatic carbocycles. The molecule has 2 saturated heterocycles. The van der Waals surface area contributed by atoms with Crippen molar-refractivity contribution in [2.45, 2.75) is 13.5 Å². The van der Waals surface area contributed by atoms with Crippen LogP contribution in [-0.4, -0.2) is 72.2 Å². The van der Waals surface area contributed by atoms with Crippen molar-refractivity contribution in [3.05, 3.63) is 35.4 Å². The molecule has 0 bridgehead atoms. The van der Waals surface area contributed by atoms with Crippen molar-refractivity contribution < 1.29 is 24.2 Å². The predicted molar refractivity (Wildman–Crippen MR) is 97.3 cm³/mol. The molecular formula is C19H25N3O5. The topological polar surface area (TPSA) is 99.2 Å². The number of ether oxygens (including phenoxy) is 1. The van der Waals surface area contributed by atoms with Crippen LogP contribution in [0.25, 0.3) is 0 Å². The fraction of sp³-hybridized carbons (Fsp3) is 0.526. The number of hydrogen-bond donors (Lipinski definition) is 2. The van der Waals surface area contributed by atoms with Crippen molar-refractivity contribution in [2.75, 3.05) is 39.4 Å². The van der Waals surface area contributed by atoms with E-state index in [0.717, 1.165) is 5.56 Å². The number of benzene rings is 1. The molecule has 8 nitrogen and oxygen atoms in total. The molecule has 8 heteroatoms. The highest BCUT2D eigenvalue weighted by atomic mass is 16.5. The van der Waals surface area contributed by atoms with Gasteiger partial charge >= 0.3 is 12.0 Å². The summed E-state index contributed by atoms with van der Waals surface area (Å²) >= 11 is 0. The number of rotatable bonds is 4. The van der Waals surface area contributed by atoms with Crippen LogP contribution in [0.2, 0.25) is 0 Å². The number of carbonyl (C=O) groups excluding carboxylic acids is 2. The smallest absolute Gasteiger partial charge is 0.335 e. The molecule has 0 spiro atoms. The average Bonchev–Trinajstić information content (AvgIpc) is 3.08. The summed E-state index contributed by atoms with van der Waals surface area (Å²) in [6.07, 6.45) is 0. The van der Waals surface area contributed by atoms with Gasteiger partial charge in [0, 0.05) is 32.7 Å².